The number of carbonyl (C=O) groups is 1. The first-order valence-electron chi connectivity index (χ1n) is 8.65. The molecule has 0 radical (unpaired) electrons. The van der Waals surface area contributed by atoms with Crippen LogP contribution in [0.25, 0.3) is 11.1 Å². The zero-order chi connectivity index (χ0) is 21.0. The molecule has 1 atom stereocenters. The van der Waals surface area contributed by atoms with Crippen LogP contribution in [0.15, 0.2) is 51.9 Å². The topological polar surface area (TPSA) is 129 Å². The molecule has 1 amide bonds. The molecule has 2 heterocycles. The number of benzene rings is 1. The molecule has 0 aliphatic carbocycles. The van der Waals surface area contributed by atoms with E-state index >= 15 is 0 Å². The molecule has 0 saturated carbocycles. The van der Waals surface area contributed by atoms with Crippen molar-refractivity contribution < 1.29 is 19.0 Å². The highest BCUT2D eigenvalue weighted by Gasteiger charge is 2.32. The van der Waals surface area contributed by atoms with Crippen molar-refractivity contribution in [2.45, 2.75) is 6.10 Å². The average Bonchev–Trinajstić information content (AvgIpc) is 3.12. The minimum atomic E-state index is -0.619. The zero-order valence-corrected chi connectivity index (χ0v) is 15.9. The number of nitrogens with zero attached hydrogens (tertiary/aromatic N) is 6. The van der Waals surface area contributed by atoms with Gasteiger partial charge < -0.3 is 15.7 Å². The number of ether oxygens (including phenoxy) is 1. The fraction of sp³-hybridized carbons (Fsp3) is 0.278. The summed E-state index contributed by atoms with van der Waals surface area (Å²) in [6.45, 7) is -0.123. The van der Waals surface area contributed by atoms with Gasteiger partial charge in [-0.05, 0) is 30.3 Å². The van der Waals surface area contributed by atoms with E-state index in [1.165, 1.54) is 29.1 Å². The van der Waals surface area contributed by atoms with Crippen LogP contribution in [0.3, 0.4) is 0 Å². The number of aliphatic hydroxyl groups excluding tert-OH is 1. The van der Waals surface area contributed by atoms with Crippen LogP contribution in [0.5, 0.6) is 0 Å². The summed E-state index contributed by atoms with van der Waals surface area (Å²) < 4.78 is 19.7. The fourth-order valence-corrected chi connectivity index (χ4v) is 2.85. The van der Waals surface area contributed by atoms with Gasteiger partial charge in [0.15, 0.2) is 0 Å². The summed E-state index contributed by atoms with van der Waals surface area (Å²) in [7, 11) is 3.17. The van der Waals surface area contributed by atoms with Crippen molar-refractivity contribution in [1.82, 2.24) is 4.98 Å². The fourth-order valence-electron chi connectivity index (χ4n) is 2.85. The Labute approximate surface area is 166 Å². The molecule has 11 heteroatoms. The molecule has 2 aromatic rings. The minimum absolute atomic E-state index is 0.164. The Morgan fingerprint density at radius 3 is 2.79 bits per heavy atom. The Morgan fingerprint density at radius 1 is 1.45 bits per heavy atom. The van der Waals surface area contributed by atoms with Gasteiger partial charge in [0, 0.05) is 31.4 Å². The molecule has 3 rings (SSSR count). The number of hydrazone groups is 1. The summed E-state index contributed by atoms with van der Waals surface area (Å²) in [6, 6.07) is 7.78. The van der Waals surface area contributed by atoms with E-state index in [1.54, 1.807) is 31.3 Å². The van der Waals surface area contributed by atoms with Crippen LogP contribution in [-0.2, 0) is 4.74 Å². The summed E-state index contributed by atoms with van der Waals surface area (Å²) in [5, 5.41) is 20.1. The number of rotatable bonds is 4. The summed E-state index contributed by atoms with van der Waals surface area (Å²) in [5.74, 6) is 5.44. The Morgan fingerprint density at radius 2 is 2.24 bits per heavy atom. The highest BCUT2D eigenvalue weighted by molar-refractivity contribution is 5.95. The maximum absolute atomic E-state index is 14.7. The van der Waals surface area contributed by atoms with Gasteiger partial charge in [0.1, 0.15) is 17.7 Å². The van der Waals surface area contributed by atoms with Crippen molar-refractivity contribution in [3.8, 4) is 11.1 Å². The molecule has 0 bridgehead atoms. The number of anilines is 2. The van der Waals surface area contributed by atoms with Gasteiger partial charge in [-0.2, -0.15) is 5.11 Å². The lowest BCUT2D eigenvalue weighted by molar-refractivity contribution is 0.0963. The number of hydrogen-bond acceptors (Lipinski definition) is 7. The van der Waals surface area contributed by atoms with E-state index in [2.05, 4.69) is 20.3 Å². The van der Waals surface area contributed by atoms with E-state index in [0.29, 0.717) is 22.6 Å². The van der Waals surface area contributed by atoms with E-state index in [4.69, 9.17) is 15.7 Å². The lowest BCUT2D eigenvalue weighted by Gasteiger charge is -2.16. The number of carbonyl (C=O) groups excluding carboxylic acids is 1. The van der Waals surface area contributed by atoms with Crippen molar-refractivity contribution in [1.29, 1.82) is 0 Å². The van der Waals surface area contributed by atoms with Gasteiger partial charge in [-0.15, -0.1) is 10.2 Å². The molecule has 152 valence electrons. The van der Waals surface area contributed by atoms with Crippen molar-refractivity contribution >= 4 is 23.6 Å². The molecule has 1 aromatic carbocycles. The molecule has 3 N–H and O–H groups in total. The number of amides is 1. The Bertz CT molecular complexity index is 949. The summed E-state index contributed by atoms with van der Waals surface area (Å²) in [5.41, 5.74) is 1.22. The van der Waals surface area contributed by atoms with Crippen LogP contribution in [0.2, 0.25) is 0 Å². The van der Waals surface area contributed by atoms with Crippen LogP contribution in [0.1, 0.15) is 0 Å². The second-order valence-electron chi connectivity index (χ2n) is 6.16. The lowest BCUT2D eigenvalue weighted by Crippen LogP contribution is -2.26. The van der Waals surface area contributed by atoms with Crippen molar-refractivity contribution in [3.63, 3.8) is 0 Å². The minimum Gasteiger partial charge on any atom is -0.441 e. The van der Waals surface area contributed by atoms with Crippen LogP contribution >= 0.6 is 0 Å². The largest absolute Gasteiger partial charge is 0.441 e. The highest BCUT2D eigenvalue weighted by Crippen LogP contribution is 2.29. The maximum atomic E-state index is 14.7. The molecule has 1 saturated heterocycles. The number of pyridine rings is 1. The van der Waals surface area contributed by atoms with E-state index in [-0.39, 0.29) is 19.1 Å². The standard InChI is InChI=1S/C18H20FN7O3/c1-21-24-17(23-20)25(2)16-6-3-11(8-22-16)14-5-4-12(7-15(14)19)26-9-13(10-27)29-18(26)28/h3-8,13,27H,9-10,20H2,1-2H3/t13-/m1/s1. The van der Waals surface area contributed by atoms with Crippen LogP contribution in [0.4, 0.5) is 20.7 Å². The summed E-state index contributed by atoms with van der Waals surface area (Å²) in [6.07, 6.45) is 0.271. The van der Waals surface area contributed by atoms with Gasteiger partial charge in [-0.1, -0.05) is 0 Å². The predicted octanol–water partition coefficient (Wildman–Crippen LogP) is 1.95. The third-order valence-electron chi connectivity index (χ3n) is 4.35. The number of aromatic nitrogens is 1. The van der Waals surface area contributed by atoms with Gasteiger partial charge in [0.2, 0.25) is 0 Å². The maximum Gasteiger partial charge on any atom is 0.414 e. The first kappa shape index (κ1) is 20.1. The third kappa shape index (κ3) is 4.14. The van der Waals surface area contributed by atoms with Crippen molar-refractivity contribution in [2.75, 3.05) is 37.0 Å². The number of nitrogens with two attached hydrogens (primary N) is 1. The van der Waals surface area contributed by atoms with Gasteiger partial charge in [-0.3, -0.25) is 9.80 Å². The first-order chi connectivity index (χ1) is 14.0. The predicted molar refractivity (Wildman–Crippen MR) is 105 cm³/mol. The smallest absolute Gasteiger partial charge is 0.414 e. The van der Waals surface area contributed by atoms with Gasteiger partial charge >= 0.3 is 6.09 Å². The Hall–Kier alpha value is -3.60. The number of halogens is 1. The van der Waals surface area contributed by atoms with Crippen molar-refractivity contribution in [2.24, 2.45) is 21.2 Å². The molecule has 1 aromatic heterocycles. The average molecular weight is 401 g/mol. The number of aliphatic hydroxyl groups is 1. The normalized spacial score (nSPS) is 17.1. The van der Waals surface area contributed by atoms with E-state index in [1.807, 2.05) is 0 Å². The molecule has 1 aliphatic heterocycles. The Balaban J connectivity index is 1.82. The van der Waals surface area contributed by atoms with Gasteiger partial charge in [0.25, 0.3) is 5.96 Å². The van der Waals surface area contributed by atoms with E-state index < -0.39 is 18.0 Å². The molecule has 10 nitrogen and oxygen atoms in total. The molecular weight excluding hydrogens is 381 g/mol. The van der Waals surface area contributed by atoms with E-state index in [0.717, 1.165) is 0 Å². The summed E-state index contributed by atoms with van der Waals surface area (Å²) >= 11 is 0. The molecule has 0 unspecified atom stereocenters. The molecular formula is C18H20FN7O3. The SMILES string of the molecule is CN=NC(=NN)N(C)c1ccc(-c2ccc(N3C[C@H](CO)OC3=O)cc2F)cn1. The lowest BCUT2D eigenvalue weighted by atomic mass is 10.1. The third-order valence-corrected chi connectivity index (χ3v) is 4.35. The highest BCUT2D eigenvalue weighted by atomic mass is 19.1. The molecule has 0 spiro atoms. The van der Waals surface area contributed by atoms with Gasteiger partial charge in [0.05, 0.1) is 18.8 Å². The number of guanidine groups is 1. The van der Waals surface area contributed by atoms with Crippen molar-refractivity contribution in [3.05, 3.63) is 42.3 Å². The Kier molecular flexibility index (Phi) is 5.98. The molecule has 1 aliphatic rings. The van der Waals surface area contributed by atoms with Crippen LogP contribution in [0, 0.1) is 5.82 Å². The summed E-state index contributed by atoms with van der Waals surface area (Å²) in [4.78, 5) is 19.0. The quantitative estimate of drug-likeness (QED) is 0.265. The first-order valence-corrected chi connectivity index (χ1v) is 8.65. The number of cyclic esters (lactones) is 1. The van der Waals surface area contributed by atoms with Gasteiger partial charge in [-0.25, -0.2) is 14.2 Å². The number of azo groups is 1. The van der Waals surface area contributed by atoms with E-state index in [9.17, 15) is 9.18 Å². The number of hydrogen-bond donors (Lipinski definition) is 2. The monoisotopic (exact) mass is 401 g/mol. The van der Waals surface area contributed by atoms with Crippen LogP contribution in [-0.4, -0.2) is 55.5 Å². The van der Waals surface area contributed by atoms with Crippen LogP contribution < -0.4 is 15.6 Å². The molecule has 29 heavy (non-hydrogen) atoms. The molecule has 1 fully saturated rings. The second-order valence-corrected chi connectivity index (χ2v) is 6.16. The second kappa shape index (κ2) is 8.61. The zero-order valence-electron chi connectivity index (χ0n) is 15.9.